The fraction of sp³-hybridized carbons (Fsp3) is 0.368. The number of nitrogens with zero attached hydrogens (tertiary/aromatic N) is 1. The summed E-state index contributed by atoms with van der Waals surface area (Å²) >= 11 is 1.50. The van der Waals surface area contributed by atoms with Crippen LogP contribution in [-0.4, -0.2) is 25.9 Å². The van der Waals surface area contributed by atoms with Crippen molar-refractivity contribution in [3.8, 4) is 0 Å². The zero-order chi connectivity index (χ0) is 18.4. The number of carbonyl (C=O) groups is 2. The first-order valence-corrected chi connectivity index (χ1v) is 9.27. The number of rotatable bonds is 6. The van der Waals surface area contributed by atoms with Crippen molar-refractivity contribution in [1.29, 1.82) is 0 Å². The van der Waals surface area contributed by atoms with E-state index in [1.54, 1.807) is 12.1 Å². The molecule has 0 fully saturated rings. The highest BCUT2D eigenvalue weighted by Crippen LogP contribution is 2.24. The molecule has 6 heteroatoms. The van der Waals surface area contributed by atoms with Gasteiger partial charge in [-0.3, -0.25) is 20.4 Å². The Bertz CT molecular complexity index is 753. The molecule has 0 spiro atoms. The van der Waals surface area contributed by atoms with Crippen LogP contribution in [0, 0.1) is 0 Å². The highest BCUT2D eigenvalue weighted by atomic mass is 32.1. The lowest BCUT2D eigenvalue weighted by molar-refractivity contribution is 0.0849. The van der Waals surface area contributed by atoms with Gasteiger partial charge >= 0.3 is 0 Å². The van der Waals surface area contributed by atoms with E-state index in [0.29, 0.717) is 10.4 Å². The summed E-state index contributed by atoms with van der Waals surface area (Å²) in [6.45, 7) is 4.21. The highest BCUT2D eigenvalue weighted by Gasteiger charge is 2.15. The maximum Gasteiger partial charge on any atom is 0.279 e. The molecule has 2 rings (SSSR count). The zero-order valence-electron chi connectivity index (χ0n) is 15.2. The molecule has 0 bridgehead atoms. The maximum absolute atomic E-state index is 12.3. The predicted molar refractivity (Wildman–Crippen MR) is 103 cm³/mol. The van der Waals surface area contributed by atoms with Gasteiger partial charge in [-0.25, -0.2) is 0 Å². The second-order valence-corrected chi connectivity index (χ2v) is 7.15. The fourth-order valence-corrected chi connectivity index (χ4v) is 3.74. The molecule has 0 saturated carbocycles. The number of hydrazine groups is 1. The Morgan fingerprint density at radius 1 is 1.08 bits per heavy atom. The summed E-state index contributed by atoms with van der Waals surface area (Å²) in [6, 6.07) is 9.15. The van der Waals surface area contributed by atoms with Gasteiger partial charge in [0.05, 0.1) is 4.88 Å². The lowest BCUT2D eigenvalue weighted by Crippen LogP contribution is -2.41. The first kappa shape index (κ1) is 19.0. The quantitative estimate of drug-likeness (QED) is 0.777. The van der Waals surface area contributed by atoms with Crippen LogP contribution in [0.3, 0.4) is 0 Å². The van der Waals surface area contributed by atoms with Gasteiger partial charge in [-0.05, 0) is 42.7 Å². The Kier molecular flexibility index (Phi) is 6.58. The minimum Gasteiger partial charge on any atom is -0.378 e. The number of benzene rings is 1. The first-order chi connectivity index (χ1) is 12.0. The molecule has 134 valence electrons. The van der Waals surface area contributed by atoms with Gasteiger partial charge in [0.15, 0.2) is 0 Å². The Balaban J connectivity index is 2.02. The van der Waals surface area contributed by atoms with Crippen molar-refractivity contribution in [3.63, 3.8) is 0 Å². The van der Waals surface area contributed by atoms with Crippen LogP contribution in [0.25, 0.3) is 0 Å². The van der Waals surface area contributed by atoms with E-state index in [1.165, 1.54) is 21.8 Å². The summed E-state index contributed by atoms with van der Waals surface area (Å²) in [4.78, 5) is 28.4. The molecule has 1 aromatic carbocycles. The molecule has 0 radical (unpaired) electrons. The molecule has 0 saturated heterocycles. The summed E-state index contributed by atoms with van der Waals surface area (Å²) in [5, 5.41) is 0. The minimum absolute atomic E-state index is 0.279. The van der Waals surface area contributed by atoms with Crippen molar-refractivity contribution < 1.29 is 9.59 Å². The van der Waals surface area contributed by atoms with Gasteiger partial charge < -0.3 is 4.90 Å². The summed E-state index contributed by atoms with van der Waals surface area (Å²) in [7, 11) is 3.82. The third-order valence-corrected chi connectivity index (χ3v) is 5.13. The van der Waals surface area contributed by atoms with Crippen molar-refractivity contribution in [2.75, 3.05) is 19.0 Å². The fourth-order valence-electron chi connectivity index (χ4n) is 2.49. The van der Waals surface area contributed by atoms with Gasteiger partial charge in [0.25, 0.3) is 11.8 Å². The van der Waals surface area contributed by atoms with Gasteiger partial charge in [0.2, 0.25) is 0 Å². The number of thiophene rings is 1. The van der Waals surface area contributed by atoms with Gasteiger partial charge in [0.1, 0.15) is 0 Å². The molecule has 0 unspecified atom stereocenters. The van der Waals surface area contributed by atoms with Gasteiger partial charge in [-0.15, -0.1) is 11.3 Å². The van der Waals surface area contributed by atoms with E-state index in [4.69, 9.17) is 0 Å². The van der Waals surface area contributed by atoms with Crippen LogP contribution in [0.5, 0.6) is 0 Å². The Hall–Kier alpha value is -2.34. The predicted octanol–water partition coefficient (Wildman–Crippen LogP) is 3.40. The number of carbonyl (C=O) groups excluding carboxylic acids is 2. The number of hydrogen-bond donors (Lipinski definition) is 2. The average Bonchev–Trinajstić information content (AvgIpc) is 3.03. The molecule has 1 heterocycles. The number of hydrogen-bond acceptors (Lipinski definition) is 4. The normalized spacial score (nSPS) is 10.4. The van der Waals surface area contributed by atoms with Gasteiger partial charge in [-0.1, -0.05) is 26.3 Å². The molecular formula is C19H25N3O2S. The molecule has 2 aromatic rings. The van der Waals surface area contributed by atoms with Crippen LogP contribution in [0.2, 0.25) is 0 Å². The Morgan fingerprint density at radius 3 is 2.44 bits per heavy atom. The van der Waals surface area contributed by atoms with E-state index in [-0.39, 0.29) is 11.8 Å². The molecule has 1 aromatic heterocycles. The van der Waals surface area contributed by atoms with E-state index in [2.05, 4.69) is 24.7 Å². The molecule has 0 atom stereocenters. The van der Waals surface area contributed by atoms with Crippen molar-refractivity contribution in [2.24, 2.45) is 0 Å². The van der Waals surface area contributed by atoms with E-state index >= 15 is 0 Å². The van der Waals surface area contributed by atoms with E-state index in [0.717, 1.165) is 24.9 Å². The van der Waals surface area contributed by atoms with Crippen LogP contribution in [0.4, 0.5) is 5.69 Å². The van der Waals surface area contributed by atoms with E-state index < -0.39 is 0 Å². The van der Waals surface area contributed by atoms with Gasteiger partial charge in [-0.2, -0.15) is 0 Å². The van der Waals surface area contributed by atoms with Crippen molar-refractivity contribution in [1.82, 2.24) is 10.9 Å². The summed E-state index contributed by atoms with van der Waals surface area (Å²) in [6.07, 6.45) is 2.93. The van der Waals surface area contributed by atoms with Crippen LogP contribution >= 0.6 is 11.3 Å². The molecule has 25 heavy (non-hydrogen) atoms. The third kappa shape index (κ3) is 4.82. The van der Waals surface area contributed by atoms with Crippen LogP contribution in [-0.2, 0) is 12.8 Å². The molecule has 2 amide bonds. The van der Waals surface area contributed by atoms with E-state index in [9.17, 15) is 9.59 Å². The van der Waals surface area contributed by atoms with Crippen molar-refractivity contribution >= 4 is 28.8 Å². The monoisotopic (exact) mass is 359 g/mol. The highest BCUT2D eigenvalue weighted by molar-refractivity contribution is 7.14. The number of nitrogens with one attached hydrogen (secondary N) is 2. The third-order valence-electron chi connectivity index (χ3n) is 3.89. The Labute approximate surface area is 153 Å². The minimum atomic E-state index is -0.335. The molecule has 2 N–H and O–H groups in total. The summed E-state index contributed by atoms with van der Waals surface area (Å²) in [5.41, 5.74) is 7.64. The summed E-state index contributed by atoms with van der Waals surface area (Å²) in [5.74, 6) is -0.614. The van der Waals surface area contributed by atoms with Crippen LogP contribution in [0.1, 0.15) is 50.7 Å². The summed E-state index contributed by atoms with van der Waals surface area (Å²) < 4.78 is 0. The molecule has 0 aliphatic rings. The van der Waals surface area contributed by atoms with Crippen molar-refractivity contribution in [2.45, 2.75) is 33.1 Å². The van der Waals surface area contributed by atoms with E-state index in [1.807, 2.05) is 37.2 Å². The topological polar surface area (TPSA) is 61.4 Å². The molecule has 0 aliphatic heterocycles. The number of aryl methyl sites for hydroxylation is 2. The lowest BCUT2D eigenvalue weighted by atomic mass is 10.1. The van der Waals surface area contributed by atoms with Crippen molar-refractivity contribution in [3.05, 3.63) is 51.2 Å². The average molecular weight is 359 g/mol. The number of amides is 2. The first-order valence-electron chi connectivity index (χ1n) is 8.45. The zero-order valence-corrected chi connectivity index (χ0v) is 16.0. The second-order valence-electron chi connectivity index (χ2n) is 6.02. The number of anilines is 1. The standard InChI is InChI=1S/C19H25N3O2S/c1-5-8-16-13(6-2)12-17(25-16)19(24)21-20-18(23)14-9-7-10-15(11-14)22(3)4/h7,9-12H,5-6,8H2,1-4H3,(H,20,23)(H,21,24). The second kappa shape index (κ2) is 8.67. The smallest absolute Gasteiger partial charge is 0.279 e. The maximum atomic E-state index is 12.3. The molecular weight excluding hydrogens is 334 g/mol. The molecule has 0 aliphatic carbocycles. The Morgan fingerprint density at radius 2 is 1.80 bits per heavy atom. The lowest BCUT2D eigenvalue weighted by Gasteiger charge is -2.13. The van der Waals surface area contributed by atoms with Crippen LogP contribution < -0.4 is 15.8 Å². The largest absolute Gasteiger partial charge is 0.378 e. The SMILES string of the molecule is CCCc1sc(C(=O)NNC(=O)c2cccc(N(C)C)c2)cc1CC. The van der Waals surface area contributed by atoms with Gasteiger partial charge in [0, 0.05) is 30.2 Å². The van der Waals surface area contributed by atoms with Crippen LogP contribution in [0.15, 0.2) is 30.3 Å². The molecule has 5 nitrogen and oxygen atoms in total.